The van der Waals surface area contributed by atoms with Crippen molar-refractivity contribution in [2.24, 2.45) is 0 Å². The molecule has 0 nitrogen and oxygen atoms in total. The molecule has 0 radical (unpaired) electrons. The smallest absolute Gasteiger partial charge is 0.0622 e. The highest BCUT2D eigenvalue weighted by Crippen LogP contribution is 2.27. The molecule has 0 bridgehead atoms. The highest BCUT2D eigenvalue weighted by atomic mass is 79.9. The first-order valence-corrected chi connectivity index (χ1v) is 7.93. The quantitative estimate of drug-likeness (QED) is 0.480. The van der Waals surface area contributed by atoms with E-state index in [4.69, 9.17) is 0 Å². The molecule has 0 spiro atoms. The van der Waals surface area contributed by atoms with Crippen LogP contribution >= 0.6 is 47.8 Å². The van der Waals surface area contributed by atoms with Gasteiger partial charge < -0.3 is 0 Å². The minimum atomic E-state index is 0.853. The topological polar surface area (TPSA) is 0 Å². The van der Waals surface area contributed by atoms with Crippen molar-refractivity contribution < 1.29 is 0 Å². The van der Waals surface area contributed by atoms with Gasteiger partial charge in [0.1, 0.15) is 0 Å². The lowest BCUT2D eigenvalue weighted by atomic mass is 10.1. The molecule has 0 fully saturated rings. The number of allylic oxidation sites excluding steroid dienone is 1. The lowest BCUT2D eigenvalue weighted by molar-refractivity contribution is 1.59. The van der Waals surface area contributed by atoms with Crippen molar-refractivity contribution in [2.75, 3.05) is 0 Å². The maximum absolute atomic E-state index is 3.45. The molecule has 19 heavy (non-hydrogen) atoms. The molecule has 94 valence electrons. The van der Waals surface area contributed by atoms with Crippen LogP contribution in [0, 0.1) is 11.8 Å². The highest BCUT2D eigenvalue weighted by molar-refractivity contribution is 9.28. The van der Waals surface area contributed by atoms with Gasteiger partial charge in [0, 0.05) is 10.0 Å². The van der Waals surface area contributed by atoms with E-state index in [9.17, 15) is 0 Å². The third-order valence-electron chi connectivity index (χ3n) is 2.43. The van der Waals surface area contributed by atoms with E-state index in [0.29, 0.717) is 0 Å². The molecule has 0 atom stereocenters. The Balaban J connectivity index is 2.37. The van der Waals surface area contributed by atoms with Gasteiger partial charge >= 0.3 is 0 Å². The van der Waals surface area contributed by atoms with Crippen molar-refractivity contribution in [1.82, 2.24) is 0 Å². The fourth-order valence-corrected chi connectivity index (χ4v) is 2.42. The maximum atomic E-state index is 3.45. The van der Waals surface area contributed by atoms with Crippen LogP contribution in [0.25, 0.3) is 5.57 Å². The Morgan fingerprint density at radius 3 is 2.05 bits per heavy atom. The SMILES string of the molecule is BrC(Br)=C(C#Cc1ccccc1)c1ccc(Br)cc1. The van der Waals surface area contributed by atoms with Crippen LogP contribution in [0.2, 0.25) is 0 Å². The van der Waals surface area contributed by atoms with Crippen LogP contribution in [0.1, 0.15) is 11.1 Å². The van der Waals surface area contributed by atoms with Crippen molar-refractivity contribution in [1.29, 1.82) is 0 Å². The van der Waals surface area contributed by atoms with Gasteiger partial charge in [-0.3, -0.25) is 0 Å². The number of rotatable bonds is 1. The summed E-state index contributed by atoms with van der Waals surface area (Å²) in [6.07, 6.45) is 0. The standard InChI is InChI=1S/C16H9Br3/c17-14-9-7-13(8-10-14)15(16(18)19)11-6-12-4-2-1-3-5-12/h1-5,7-10H. The van der Waals surface area contributed by atoms with Gasteiger partial charge in [-0.25, -0.2) is 0 Å². The van der Waals surface area contributed by atoms with Crippen LogP contribution in [0.3, 0.4) is 0 Å². The number of halogens is 3. The lowest BCUT2D eigenvalue weighted by Gasteiger charge is -2.01. The Kier molecular flexibility index (Phi) is 5.45. The second-order valence-electron chi connectivity index (χ2n) is 3.76. The summed E-state index contributed by atoms with van der Waals surface area (Å²) in [5, 5.41) is 0. The lowest BCUT2D eigenvalue weighted by Crippen LogP contribution is -1.82. The summed E-state index contributed by atoms with van der Waals surface area (Å²) in [4.78, 5) is 0. The largest absolute Gasteiger partial charge is 0.0766 e. The first kappa shape index (κ1) is 14.6. The zero-order valence-electron chi connectivity index (χ0n) is 9.83. The third kappa shape index (κ3) is 4.35. The monoisotopic (exact) mass is 438 g/mol. The van der Waals surface area contributed by atoms with E-state index in [1.54, 1.807) is 0 Å². The molecule has 2 rings (SSSR count). The zero-order valence-corrected chi connectivity index (χ0v) is 14.6. The molecule has 0 aliphatic carbocycles. The van der Waals surface area contributed by atoms with Gasteiger partial charge in [-0.15, -0.1) is 0 Å². The van der Waals surface area contributed by atoms with Crippen LogP contribution in [-0.2, 0) is 0 Å². The zero-order chi connectivity index (χ0) is 13.7. The molecule has 0 aliphatic heterocycles. The summed E-state index contributed by atoms with van der Waals surface area (Å²) in [6.45, 7) is 0. The second-order valence-corrected chi connectivity index (χ2v) is 7.32. The Hall–Kier alpha value is -0.820. The van der Waals surface area contributed by atoms with Gasteiger partial charge in [0.15, 0.2) is 0 Å². The van der Waals surface area contributed by atoms with Gasteiger partial charge in [0.05, 0.1) is 8.96 Å². The molecule has 0 saturated heterocycles. The molecule has 0 unspecified atom stereocenters. The Labute approximate surface area is 138 Å². The molecule has 0 saturated carbocycles. The summed E-state index contributed by atoms with van der Waals surface area (Å²) in [7, 11) is 0. The Morgan fingerprint density at radius 1 is 0.842 bits per heavy atom. The van der Waals surface area contributed by atoms with Crippen molar-refractivity contribution in [2.45, 2.75) is 0 Å². The van der Waals surface area contributed by atoms with E-state index >= 15 is 0 Å². The number of hydrogen-bond donors (Lipinski definition) is 0. The van der Waals surface area contributed by atoms with Gasteiger partial charge in [-0.2, -0.15) is 0 Å². The summed E-state index contributed by atoms with van der Waals surface area (Å²) in [6, 6.07) is 18.0. The molecular formula is C16H9Br3. The van der Waals surface area contributed by atoms with Gasteiger partial charge in [0.25, 0.3) is 0 Å². The average Bonchev–Trinajstić information content (AvgIpc) is 2.42. The van der Waals surface area contributed by atoms with E-state index in [1.807, 2.05) is 54.6 Å². The second kappa shape index (κ2) is 7.09. The number of hydrogen-bond acceptors (Lipinski definition) is 0. The summed E-state index contributed by atoms with van der Waals surface area (Å²) in [5.74, 6) is 6.35. The van der Waals surface area contributed by atoms with E-state index in [2.05, 4.69) is 59.6 Å². The normalized spacial score (nSPS) is 9.42. The van der Waals surface area contributed by atoms with Crippen molar-refractivity contribution in [3.05, 3.63) is 73.6 Å². The molecule has 0 amide bonds. The molecule has 2 aromatic rings. The predicted octanol–water partition coefficient (Wildman–Crippen LogP) is 5.96. The minimum Gasteiger partial charge on any atom is -0.0622 e. The van der Waals surface area contributed by atoms with Crippen LogP contribution < -0.4 is 0 Å². The number of benzene rings is 2. The van der Waals surface area contributed by atoms with Crippen LogP contribution in [0.5, 0.6) is 0 Å². The Morgan fingerprint density at radius 2 is 1.47 bits per heavy atom. The average molecular weight is 441 g/mol. The first-order valence-electron chi connectivity index (χ1n) is 5.55. The Bertz CT molecular complexity index is 640. The van der Waals surface area contributed by atoms with Crippen LogP contribution in [0.15, 0.2) is 62.5 Å². The fourth-order valence-electron chi connectivity index (χ4n) is 1.50. The van der Waals surface area contributed by atoms with Crippen molar-refractivity contribution in [3.8, 4) is 11.8 Å². The molecule has 2 aromatic carbocycles. The van der Waals surface area contributed by atoms with Gasteiger partial charge in [-0.05, 0) is 61.7 Å². The van der Waals surface area contributed by atoms with Crippen LogP contribution in [0.4, 0.5) is 0 Å². The fraction of sp³-hybridized carbons (Fsp3) is 0. The van der Waals surface area contributed by atoms with E-state index in [0.717, 1.165) is 24.6 Å². The highest BCUT2D eigenvalue weighted by Gasteiger charge is 2.02. The predicted molar refractivity (Wildman–Crippen MR) is 92.2 cm³/mol. The maximum Gasteiger partial charge on any atom is 0.0766 e. The molecule has 0 aromatic heterocycles. The molecule has 0 aliphatic rings. The van der Waals surface area contributed by atoms with Crippen molar-refractivity contribution in [3.63, 3.8) is 0 Å². The summed E-state index contributed by atoms with van der Waals surface area (Å²) in [5.41, 5.74) is 2.99. The van der Waals surface area contributed by atoms with E-state index in [-0.39, 0.29) is 0 Å². The van der Waals surface area contributed by atoms with Gasteiger partial charge in [0.2, 0.25) is 0 Å². The van der Waals surface area contributed by atoms with Crippen molar-refractivity contribution >= 4 is 53.4 Å². The summed E-state index contributed by atoms with van der Waals surface area (Å²) < 4.78 is 1.91. The third-order valence-corrected chi connectivity index (χ3v) is 3.75. The first-order chi connectivity index (χ1) is 9.16. The van der Waals surface area contributed by atoms with Gasteiger partial charge in [-0.1, -0.05) is 58.1 Å². The summed E-state index contributed by atoms with van der Waals surface area (Å²) >= 11 is 10.3. The molecule has 0 N–H and O–H groups in total. The van der Waals surface area contributed by atoms with Crippen LogP contribution in [-0.4, -0.2) is 0 Å². The molecular weight excluding hydrogens is 432 g/mol. The molecule has 3 heteroatoms. The van der Waals surface area contributed by atoms with E-state index < -0.39 is 0 Å². The van der Waals surface area contributed by atoms with E-state index in [1.165, 1.54) is 0 Å². The molecule has 0 heterocycles. The minimum absolute atomic E-state index is 0.853.